The Labute approximate surface area is 99.7 Å². The fourth-order valence-electron chi connectivity index (χ4n) is 1.73. The highest BCUT2D eigenvalue weighted by Crippen LogP contribution is 2.28. The lowest BCUT2D eigenvalue weighted by atomic mass is 9.97. The first kappa shape index (κ1) is 11.2. The van der Waals surface area contributed by atoms with Crippen molar-refractivity contribution in [3.05, 3.63) is 58.4 Å². The molecule has 0 bridgehead atoms. The van der Waals surface area contributed by atoms with Crippen molar-refractivity contribution in [1.29, 1.82) is 0 Å². The van der Waals surface area contributed by atoms with Gasteiger partial charge in [0.15, 0.2) is 0 Å². The van der Waals surface area contributed by atoms with Crippen LogP contribution in [0.2, 0.25) is 5.02 Å². The average Bonchev–Trinajstić information content (AvgIpc) is 2.26. The second-order valence-electron chi connectivity index (χ2n) is 3.88. The molecule has 0 nitrogen and oxygen atoms in total. The van der Waals surface area contributed by atoms with Crippen LogP contribution in [0.4, 0.5) is 4.39 Å². The molecule has 2 heteroatoms. The molecule has 0 fully saturated rings. The summed E-state index contributed by atoms with van der Waals surface area (Å²) in [6.07, 6.45) is 0. The summed E-state index contributed by atoms with van der Waals surface area (Å²) in [6.45, 7) is 4.12. The molecule has 0 saturated carbocycles. The Bertz CT molecular complexity index is 532. The molecule has 0 atom stereocenters. The van der Waals surface area contributed by atoms with Crippen molar-refractivity contribution in [3.63, 3.8) is 0 Å². The Morgan fingerprint density at radius 3 is 2.50 bits per heavy atom. The molecule has 0 N–H and O–H groups in total. The summed E-state index contributed by atoms with van der Waals surface area (Å²) in [7, 11) is 0. The molecule has 0 aliphatic carbocycles. The zero-order valence-corrected chi connectivity index (χ0v) is 9.98. The van der Waals surface area contributed by atoms with Crippen LogP contribution in [0.15, 0.2) is 36.4 Å². The zero-order chi connectivity index (χ0) is 11.7. The van der Waals surface area contributed by atoms with Gasteiger partial charge in [-0.3, -0.25) is 0 Å². The fourth-order valence-corrected chi connectivity index (χ4v) is 1.91. The van der Waals surface area contributed by atoms with E-state index in [0.717, 1.165) is 11.1 Å². The monoisotopic (exact) mass is 234 g/mol. The molecule has 0 aliphatic heterocycles. The van der Waals surface area contributed by atoms with E-state index in [-0.39, 0.29) is 10.8 Å². The summed E-state index contributed by atoms with van der Waals surface area (Å²) in [6, 6.07) is 10.9. The van der Waals surface area contributed by atoms with Crippen molar-refractivity contribution >= 4 is 11.6 Å². The molecular formula is C14H12ClF. The van der Waals surface area contributed by atoms with E-state index < -0.39 is 0 Å². The third kappa shape index (κ3) is 1.96. The number of rotatable bonds is 1. The number of halogens is 2. The Kier molecular flexibility index (Phi) is 2.97. The van der Waals surface area contributed by atoms with Crippen molar-refractivity contribution in [2.45, 2.75) is 13.8 Å². The van der Waals surface area contributed by atoms with Gasteiger partial charge in [-0.2, -0.15) is 0 Å². The third-order valence-electron chi connectivity index (χ3n) is 2.84. The van der Waals surface area contributed by atoms with Crippen LogP contribution >= 0.6 is 11.6 Å². The number of hydrogen-bond donors (Lipinski definition) is 0. The average molecular weight is 235 g/mol. The summed E-state index contributed by atoms with van der Waals surface area (Å²) in [5.41, 5.74) is 4.47. The molecule has 82 valence electrons. The van der Waals surface area contributed by atoms with Crippen LogP contribution in [0.3, 0.4) is 0 Å². The second-order valence-corrected chi connectivity index (χ2v) is 4.28. The van der Waals surface area contributed by atoms with Crippen molar-refractivity contribution in [1.82, 2.24) is 0 Å². The smallest absolute Gasteiger partial charge is 0.141 e. The van der Waals surface area contributed by atoms with Crippen LogP contribution < -0.4 is 0 Å². The SMILES string of the molecule is Cc1cccc(-c2ccc(F)c(Cl)c2)c1C. The Morgan fingerprint density at radius 2 is 1.81 bits per heavy atom. The molecule has 0 aromatic heterocycles. The van der Waals surface area contributed by atoms with Gasteiger partial charge in [0, 0.05) is 0 Å². The highest BCUT2D eigenvalue weighted by atomic mass is 35.5. The predicted molar refractivity (Wildman–Crippen MR) is 66.3 cm³/mol. The van der Waals surface area contributed by atoms with Crippen LogP contribution in [-0.4, -0.2) is 0 Å². The van der Waals surface area contributed by atoms with Crippen molar-refractivity contribution in [2.75, 3.05) is 0 Å². The van der Waals surface area contributed by atoms with Crippen LogP contribution in [0.25, 0.3) is 11.1 Å². The molecule has 16 heavy (non-hydrogen) atoms. The summed E-state index contributed by atoms with van der Waals surface area (Å²) >= 11 is 5.78. The van der Waals surface area contributed by atoms with Gasteiger partial charge in [-0.15, -0.1) is 0 Å². The van der Waals surface area contributed by atoms with Crippen LogP contribution in [0, 0.1) is 19.7 Å². The van der Waals surface area contributed by atoms with Gasteiger partial charge in [0.05, 0.1) is 5.02 Å². The molecule has 0 spiro atoms. The third-order valence-corrected chi connectivity index (χ3v) is 3.12. The Morgan fingerprint density at radius 1 is 1.06 bits per heavy atom. The number of benzene rings is 2. The maximum Gasteiger partial charge on any atom is 0.141 e. The van der Waals surface area contributed by atoms with Crippen LogP contribution in [-0.2, 0) is 0 Å². The van der Waals surface area contributed by atoms with E-state index in [1.165, 1.54) is 17.2 Å². The summed E-state index contributed by atoms with van der Waals surface area (Å²) in [5, 5.41) is 0.165. The Hall–Kier alpha value is -1.34. The molecular weight excluding hydrogens is 223 g/mol. The van der Waals surface area contributed by atoms with E-state index >= 15 is 0 Å². The van der Waals surface area contributed by atoms with E-state index in [9.17, 15) is 4.39 Å². The summed E-state index contributed by atoms with van der Waals surface area (Å²) in [4.78, 5) is 0. The van der Waals surface area contributed by atoms with Crippen molar-refractivity contribution < 1.29 is 4.39 Å². The first-order chi connectivity index (χ1) is 7.59. The predicted octanol–water partition coefficient (Wildman–Crippen LogP) is 4.76. The molecule has 0 unspecified atom stereocenters. The molecule has 0 saturated heterocycles. The molecule has 0 radical (unpaired) electrons. The van der Waals surface area contributed by atoms with Crippen LogP contribution in [0.5, 0.6) is 0 Å². The lowest BCUT2D eigenvalue weighted by Crippen LogP contribution is -1.87. The number of aryl methyl sites for hydroxylation is 1. The standard InChI is InChI=1S/C14H12ClF/c1-9-4-3-5-12(10(9)2)11-6-7-14(16)13(15)8-11/h3-8H,1-2H3. The fraction of sp³-hybridized carbons (Fsp3) is 0.143. The van der Waals surface area contributed by atoms with Gasteiger partial charge in [-0.25, -0.2) is 4.39 Å². The van der Waals surface area contributed by atoms with Crippen molar-refractivity contribution in [2.24, 2.45) is 0 Å². The molecule has 2 aromatic carbocycles. The number of hydrogen-bond acceptors (Lipinski definition) is 0. The summed E-state index contributed by atoms with van der Waals surface area (Å²) < 4.78 is 13.1. The van der Waals surface area contributed by atoms with E-state index in [1.54, 1.807) is 12.1 Å². The molecule has 2 aromatic rings. The van der Waals surface area contributed by atoms with Crippen molar-refractivity contribution in [3.8, 4) is 11.1 Å². The zero-order valence-electron chi connectivity index (χ0n) is 9.22. The minimum absolute atomic E-state index is 0.165. The second kappa shape index (κ2) is 4.26. The van der Waals surface area contributed by atoms with Gasteiger partial charge in [-0.1, -0.05) is 35.9 Å². The van der Waals surface area contributed by atoms with Gasteiger partial charge >= 0.3 is 0 Å². The normalized spacial score (nSPS) is 10.5. The maximum absolute atomic E-state index is 13.1. The topological polar surface area (TPSA) is 0 Å². The molecule has 0 amide bonds. The molecule has 0 heterocycles. The molecule has 2 rings (SSSR count). The summed E-state index contributed by atoms with van der Waals surface area (Å²) in [5.74, 6) is -0.379. The van der Waals surface area contributed by atoms with E-state index in [0.29, 0.717) is 0 Å². The van der Waals surface area contributed by atoms with Gasteiger partial charge in [0.25, 0.3) is 0 Å². The van der Waals surface area contributed by atoms with Gasteiger partial charge < -0.3 is 0 Å². The van der Waals surface area contributed by atoms with Gasteiger partial charge in [-0.05, 0) is 48.2 Å². The van der Waals surface area contributed by atoms with E-state index in [1.807, 2.05) is 12.1 Å². The highest BCUT2D eigenvalue weighted by Gasteiger charge is 2.06. The first-order valence-corrected chi connectivity index (χ1v) is 5.49. The first-order valence-electron chi connectivity index (χ1n) is 5.11. The lowest BCUT2D eigenvalue weighted by Gasteiger charge is -2.09. The minimum atomic E-state index is -0.379. The highest BCUT2D eigenvalue weighted by molar-refractivity contribution is 6.31. The van der Waals surface area contributed by atoms with E-state index in [2.05, 4.69) is 19.9 Å². The van der Waals surface area contributed by atoms with Gasteiger partial charge in [0.2, 0.25) is 0 Å². The quantitative estimate of drug-likeness (QED) is 0.667. The lowest BCUT2D eigenvalue weighted by molar-refractivity contribution is 0.628. The molecule has 0 aliphatic rings. The Balaban J connectivity index is 2.59. The largest absolute Gasteiger partial charge is 0.205 e. The van der Waals surface area contributed by atoms with Crippen LogP contribution in [0.1, 0.15) is 11.1 Å². The minimum Gasteiger partial charge on any atom is -0.205 e. The maximum atomic E-state index is 13.1. The van der Waals surface area contributed by atoms with E-state index in [4.69, 9.17) is 11.6 Å². The van der Waals surface area contributed by atoms with Gasteiger partial charge in [0.1, 0.15) is 5.82 Å².